The predicted octanol–water partition coefficient (Wildman–Crippen LogP) is 2.11. The Balaban J connectivity index is 0.00000300. The second kappa shape index (κ2) is 11.5. The molecule has 7 nitrogen and oxygen atoms in total. The number of nitrogens with one attached hydrogen (secondary N) is 3. The molecule has 1 fully saturated rings. The molecule has 2 aromatic rings. The molecule has 0 spiro atoms. The van der Waals surface area contributed by atoms with Crippen LogP contribution in [0.2, 0.25) is 0 Å². The molecule has 0 bridgehead atoms. The zero-order chi connectivity index (χ0) is 19.8. The SMILES string of the molecule is CN=C(NCc1ccc(OC)cc1)NCc1ccc(N2CCNC(=O)C2)cc1.I. The molecule has 0 unspecified atom stereocenters. The fourth-order valence-electron chi connectivity index (χ4n) is 3.02. The first-order valence-corrected chi connectivity index (χ1v) is 9.36. The summed E-state index contributed by atoms with van der Waals surface area (Å²) in [5, 5.41) is 9.47. The summed E-state index contributed by atoms with van der Waals surface area (Å²) < 4.78 is 5.18. The third-order valence-electron chi connectivity index (χ3n) is 4.64. The van der Waals surface area contributed by atoms with Gasteiger partial charge in [0, 0.05) is 38.9 Å². The average Bonchev–Trinajstić information content (AvgIpc) is 2.74. The van der Waals surface area contributed by atoms with Gasteiger partial charge in [-0.15, -0.1) is 24.0 Å². The Morgan fingerprint density at radius 1 is 1.07 bits per heavy atom. The minimum absolute atomic E-state index is 0. The van der Waals surface area contributed by atoms with Crippen LogP contribution in [-0.4, -0.2) is 45.7 Å². The van der Waals surface area contributed by atoms with Gasteiger partial charge < -0.3 is 25.6 Å². The number of amides is 1. The summed E-state index contributed by atoms with van der Waals surface area (Å²) in [6.45, 7) is 3.30. The fraction of sp³-hybridized carbons (Fsp3) is 0.333. The second-order valence-electron chi connectivity index (χ2n) is 6.57. The van der Waals surface area contributed by atoms with Gasteiger partial charge in [0.15, 0.2) is 5.96 Å². The van der Waals surface area contributed by atoms with E-state index in [0.717, 1.165) is 35.1 Å². The van der Waals surface area contributed by atoms with E-state index in [1.165, 1.54) is 0 Å². The molecule has 1 heterocycles. The van der Waals surface area contributed by atoms with Crippen LogP contribution < -0.4 is 25.6 Å². The van der Waals surface area contributed by atoms with E-state index in [1.807, 2.05) is 24.3 Å². The van der Waals surface area contributed by atoms with Crippen molar-refractivity contribution in [1.29, 1.82) is 0 Å². The molecule has 1 saturated heterocycles. The lowest BCUT2D eigenvalue weighted by atomic mass is 10.2. The van der Waals surface area contributed by atoms with Gasteiger partial charge >= 0.3 is 0 Å². The van der Waals surface area contributed by atoms with Gasteiger partial charge in [-0.2, -0.15) is 0 Å². The summed E-state index contributed by atoms with van der Waals surface area (Å²) >= 11 is 0. The van der Waals surface area contributed by atoms with Crippen LogP contribution in [0.3, 0.4) is 0 Å². The monoisotopic (exact) mass is 509 g/mol. The Labute approximate surface area is 188 Å². The largest absolute Gasteiger partial charge is 0.497 e. The molecule has 1 aliphatic rings. The summed E-state index contributed by atoms with van der Waals surface area (Å²) in [7, 11) is 3.42. The number of hydrogen-bond donors (Lipinski definition) is 3. The first kappa shape index (κ1) is 22.8. The number of rotatable bonds is 6. The van der Waals surface area contributed by atoms with Crippen LogP contribution in [0.5, 0.6) is 5.75 Å². The van der Waals surface area contributed by atoms with Gasteiger partial charge in [0.05, 0.1) is 13.7 Å². The molecule has 8 heteroatoms. The number of halogens is 1. The highest BCUT2D eigenvalue weighted by Gasteiger charge is 2.16. The van der Waals surface area contributed by atoms with Gasteiger partial charge in [-0.25, -0.2) is 0 Å². The second-order valence-corrected chi connectivity index (χ2v) is 6.57. The maximum Gasteiger partial charge on any atom is 0.239 e. The molecular formula is C21H28IN5O2. The molecule has 1 amide bonds. The van der Waals surface area contributed by atoms with Crippen molar-refractivity contribution in [3.05, 3.63) is 59.7 Å². The fourth-order valence-corrected chi connectivity index (χ4v) is 3.02. The lowest BCUT2D eigenvalue weighted by molar-refractivity contribution is -0.120. The molecule has 29 heavy (non-hydrogen) atoms. The number of nitrogens with zero attached hydrogens (tertiary/aromatic N) is 2. The van der Waals surface area contributed by atoms with Gasteiger partial charge in [0.1, 0.15) is 5.75 Å². The van der Waals surface area contributed by atoms with Crippen molar-refractivity contribution in [3.63, 3.8) is 0 Å². The van der Waals surface area contributed by atoms with Crippen LogP contribution in [0.15, 0.2) is 53.5 Å². The minimum atomic E-state index is 0. The number of carbonyl (C=O) groups excluding carboxylic acids is 1. The highest BCUT2D eigenvalue weighted by atomic mass is 127. The van der Waals surface area contributed by atoms with Crippen molar-refractivity contribution in [2.45, 2.75) is 13.1 Å². The molecule has 0 saturated carbocycles. The number of anilines is 1. The smallest absolute Gasteiger partial charge is 0.239 e. The maximum absolute atomic E-state index is 11.5. The van der Waals surface area contributed by atoms with Crippen LogP contribution in [0.1, 0.15) is 11.1 Å². The number of piperazine rings is 1. The first-order chi connectivity index (χ1) is 13.7. The van der Waals surface area contributed by atoms with Gasteiger partial charge in [0.25, 0.3) is 0 Å². The lowest BCUT2D eigenvalue weighted by Gasteiger charge is -2.28. The number of benzene rings is 2. The predicted molar refractivity (Wildman–Crippen MR) is 127 cm³/mol. The first-order valence-electron chi connectivity index (χ1n) is 9.36. The Bertz CT molecular complexity index is 809. The number of hydrogen-bond acceptors (Lipinski definition) is 4. The van der Waals surface area contributed by atoms with Crippen molar-refractivity contribution in [1.82, 2.24) is 16.0 Å². The molecule has 0 aromatic heterocycles. The highest BCUT2D eigenvalue weighted by molar-refractivity contribution is 14.0. The summed E-state index contributed by atoms with van der Waals surface area (Å²) in [5.41, 5.74) is 3.37. The topological polar surface area (TPSA) is 78.0 Å². The van der Waals surface area contributed by atoms with Crippen molar-refractivity contribution >= 4 is 41.5 Å². The molecule has 0 atom stereocenters. The van der Waals surface area contributed by atoms with E-state index in [9.17, 15) is 4.79 Å². The Morgan fingerprint density at radius 2 is 1.66 bits per heavy atom. The lowest BCUT2D eigenvalue weighted by Crippen LogP contribution is -2.47. The maximum atomic E-state index is 11.5. The Morgan fingerprint density at radius 3 is 2.17 bits per heavy atom. The van der Waals surface area contributed by atoms with Gasteiger partial charge in [-0.05, 0) is 35.4 Å². The number of guanidine groups is 1. The molecule has 1 aliphatic heterocycles. The van der Waals surface area contributed by atoms with Gasteiger partial charge in [-0.1, -0.05) is 24.3 Å². The quantitative estimate of drug-likeness (QED) is 0.316. The summed E-state index contributed by atoms with van der Waals surface area (Å²) in [5.74, 6) is 1.66. The number of ether oxygens (including phenoxy) is 1. The van der Waals surface area contributed by atoms with Crippen molar-refractivity contribution < 1.29 is 9.53 Å². The van der Waals surface area contributed by atoms with E-state index >= 15 is 0 Å². The van der Waals surface area contributed by atoms with E-state index < -0.39 is 0 Å². The van der Waals surface area contributed by atoms with Crippen LogP contribution in [0, 0.1) is 0 Å². The molecule has 0 aliphatic carbocycles. The highest BCUT2D eigenvalue weighted by Crippen LogP contribution is 2.16. The Kier molecular flexibility index (Phi) is 9.04. The summed E-state index contributed by atoms with van der Waals surface area (Å²) in [6.07, 6.45) is 0. The van der Waals surface area contributed by atoms with Crippen molar-refractivity contribution in [2.75, 3.05) is 38.7 Å². The molecule has 156 valence electrons. The van der Waals surface area contributed by atoms with E-state index in [0.29, 0.717) is 26.2 Å². The molecule has 3 N–H and O–H groups in total. The Hall–Kier alpha value is -2.49. The third kappa shape index (κ3) is 6.81. The average molecular weight is 509 g/mol. The number of methoxy groups -OCH3 is 1. The van der Waals surface area contributed by atoms with Crippen LogP contribution >= 0.6 is 24.0 Å². The van der Waals surface area contributed by atoms with Crippen molar-refractivity contribution in [3.8, 4) is 5.75 Å². The standard InChI is InChI=1S/C21H27N5O2.HI/c1-22-21(25-14-17-5-9-19(28-2)10-6-17)24-13-16-3-7-18(8-4-16)26-12-11-23-20(27)15-26;/h3-10H,11-15H2,1-2H3,(H,23,27)(H2,22,24,25);1H. The van der Waals surface area contributed by atoms with E-state index in [-0.39, 0.29) is 29.9 Å². The number of aliphatic imine (C=N–C) groups is 1. The van der Waals surface area contributed by atoms with Crippen LogP contribution in [0.4, 0.5) is 5.69 Å². The van der Waals surface area contributed by atoms with Gasteiger partial charge in [-0.3, -0.25) is 9.79 Å². The summed E-state index contributed by atoms with van der Waals surface area (Å²) in [6, 6.07) is 16.2. The molecule has 3 rings (SSSR count). The zero-order valence-electron chi connectivity index (χ0n) is 16.8. The van der Waals surface area contributed by atoms with Crippen molar-refractivity contribution in [2.24, 2.45) is 4.99 Å². The molecule has 0 radical (unpaired) electrons. The normalized spacial score (nSPS) is 13.9. The van der Waals surface area contributed by atoms with E-state index in [2.05, 4.69) is 50.1 Å². The van der Waals surface area contributed by atoms with Gasteiger partial charge in [0.2, 0.25) is 5.91 Å². The summed E-state index contributed by atoms with van der Waals surface area (Å²) in [4.78, 5) is 17.9. The van der Waals surface area contributed by atoms with E-state index in [4.69, 9.17) is 4.74 Å². The minimum Gasteiger partial charge on any atom is -0.497 e. The van der Waals surface area contributed by atoms with Crippen LogP contribution in [-0.2, 0) is 17.9 Å². The third-order valence-corrected chi connectivity index (χ3v) is 4.64. The van der Waals surface area contributed by atoms with E-state index in [1.54, 1.807) is 14.2 Å². The van der Waals surface area contributed by atoms with Crippen LogP contribution in [0.25, 0.3) is 0 Å². The molecular weight excluding hydrogens is 481 g/mol. The molecule has 2 aromatic carbocycles. The number of carbonyl (C=O) groups is 1. The zero-order valence-corrected chi connectivity index (χ0v) is 19.1.